The van der Waals surface area contributed by atoms with Crippen molar-refractivity contribution >= 4 is 27.5 Å². The minimum absolute atomic E-state index is 0.142. The van der Waals surface area contributed by atoms with E-state index in [1.807, 2.05) is 19.1 Å². The molecule has 1 aliphatic rings. The van der Waals surface area contributed by atoms with Gasteiger partial charge < -0.3 is 5.32 Å². The second-order valence-electron chi connectivity index (χ2n) is 4.77. The van der Waals surface area contributed by atoms with Crippen LogP contribution in [0.15, 0.2) is 22.7 Å². The molecule has 1 amide bonds. The lowest BCUT2D eigenvalue weighted by Gasteiger charge is -2.14. The number of aryl methyl sites for hydroxylation is 1. The van der Waals surface area contributed by atoms with Crippen molar-refractivity contribution in [1.29, 1.82) is 0 Å². The number of rotatable bonds is 4. The van der Waals surface area contributed by atoms with E-state index in [0.717, 1.165) is 16.6 Å². The number of halogens is 1. The Morgan fingerprint density at radius 1 is 1.53 bits per heavy atom. The average Bonchev–Trinajstić information content (AvgIpc) is 3.14. The van der Waals surface area contributed by atoms with Crippen molar-refractivity contribution in [3.05, 3.63) is 28.2 Å². The van der Waals surface area contributed by atoms with E-state index in [0.29, 0.717) is 5.92 Å². The van der Waals surface area contributed by atoms with Gasteiger partial charge in [-0.3, -0.25) is 4.79 Å². The number of carbonyl (C=O) groups excluding carboxylic acids is 1. The Kier molecular flexibility index (Phi) is 3.87. The van der Waals surface area contributed by atoms with Crippen molar-refractivity contribution in [3.63, 3.8) is 0 Å². The molecule has 2 nitrogen and oxygen atoms in total. The highest BCUT2D eigenvalue weighted by atomic mass is 79.9. The van der Waals surface area contributed by atoms with Crippen molar-refractivity contribution in [2.24, 2.45) is 11.8 Å². The molecule has 0 bridgehead atoms. The zero-order chi connectivity index (χ0) is 12.4. The quantitative estimate of drug-likeness (QED) is 0.894. The summed E-state index contributed by atoms with van der Waals surface area (Å²) in [6.45, 7) is 4.12. The monoisotopic (exact) mass is 295 g/mol. The fourth-order valence-corrected chi connectivity index (χ4v) is 2.44. The summed E-state index contributed by atoms with van der Waals surface area (Å²) in [5.41, 5.74) is 2.13. The minimum Gasteiger partial charge on any atom is -0.326 e. The van der Waals surface area contributed by atoms with Gasteiger partial charge in [-0.25, -0.2) is 0 Å². The van der Waals surface area contributed by atoms with Gasteiger partial charge in [-0.05, 0) is 48.9 Å². The van der Waals surface area contributed by atoms with E-state index in [1.54, 1.807) is 0 Å². The molecule has 3 heteroatoms. The van der Waals surface area contributed by atoms with Crippen molar-refractivity contribution < 1.29 is 4.79 Å². The Hall–Kier alpha value is -0.830. The Balaban J connectivity index is 2.09. The molecule has 1 aromatic rings. The standard InChI is InChI=1S/C14H18BrNO/c1-3-10-8-12(15)6-7-13(10)16-14(17)9(2)11-4-5-11/h6-9,11H,3-5H2,1-2H3,(H,16,17). The van der Waals surface area contributed by atoms with Crippen LogP contribution in [-0.2, 0) is 11.2 Å². The summed E-state index contributed by atoms with van der Waals surface area (Å²) in [6.07, 6.45) is 3.33. The van der Waals surface area contributed by atoms with E-state index in [9.17, 15) is 4.79 Å². The maximum Gasteiger partial charge on any atom is 0.227 e. The summed E-state index contributed by atoms with van der Waals surface area (Å²) in [4.78, 5) is 12.0. The first kappa shape index (κ1) is 12.6. The van der Waals surface area contributed by atoms with E-state index in [4.69, 9.17) is 0 Å². The fraction of sp³-hybridized carbons (Fsp3) is 0.500. The maximum atomic E-state index is 12.0. The minimum atomic E-state index is 0.142. The Labute approximate surface area is 111 Å². The van der Waals surface area contributed by atoms with Gasteiger partial charge in [0.15, 0.2) is 0 Å². The molecule has 2 rings (SSSR count). The molecule has 1 saturated carbocycles. The first-order chi connectivity index (χ1) is 8.11. The number of hydrogen-bond donors (Lipinski definition) is 1. The first-order valence-electron chi connectivity index (χ1n) is 6.21. The number of anilines is 1. The van der Waals surface area contributed by atoms with Crippen LogP contribution in [0.1, 0.15) is 32.3 Å². The summed E-state index contributed by atoms with van der Waals surface area (Å²) in [6, 6.07) is 6.01. The molecule has 0 radical (unpaired) electrons. The lowest BCUT2D eigenvalue weighted by molar-refractivity contribution is -0.119. The molecule has 1 unspecified atom stereocenters. The van der Waals surface area contributed by atoms with E-state index in [1.165, 1.54) is 18.4 Å². The number of nitrogens with one attached hydrogen (secondary N) is 1. The van der Waals surface area contributed by atoms with Crippen molar-refractivity contribution in [2.45, 2.75) is 33.1 Å². The molecule has 0 heterocycles. The third kappa shape index (κ3) is 3.09. The number of carbonyl (C=O) groups is 1. The van der Waals surface area contributed by atoms with Gasteiger partial charge in [0.1, 0.15) is 0 Å². The highest BCUT2D eigenvalue weighted by molar-refractivity contribution is 9.10. The van der Waals surface area contributed by atoms with Crippen LogP contribution in [0.25, 0.3) is 0 Å². The zero-order valence-corrected chi connectivity index (χ0v) is 11.9. The summed E-state index contributed by atoms with van der Waals surface area (Å²) < 4.78 is 1.06. The molecule has 0 aromatic heterocycles. The summed E-state index contributed by atoms with van der Waals surface area (Å²) in [5.74, 6) is 0.906. The SMILES string of the molecule is CCc1cc(Br)ccc1NC(=O)C(C)C1CC1. The second-order valence-corrected chi connectivity index (χ2v) is 5.69. The van der Waals surface area contributed by atoms with Crippen LogP contribution in [0, 0.1) is 11.8 Å². The largest absolute Gasteiger partial charge is 0.326 e. The van der Waals surface area contributed by atoms with Crippen molar-refractivity contribution in [3.8, 4) is 0 Å². The van der Waals surface area contributed by atoms with Gasteiger partial charge in [0.25, 0.3) is 0 Å². The van der Waals surface area contributed by atoms with Crippen molar-refractivity contribution in [2.75, 3.05) is 5.32 Å². The molecule has 92 valence electrons. The van der Waals surface area contributed by atoms with Gasteiger partial charge in [-0.2, -0.15) is 0 Å². The molecule has 1 aliphatic carbocycles. The Bertz CT molecular complexity index is 426. The lowest BCUT2D eigenvalue weighted by atomic mass is 10.0. The van der Waals surface area contributed by atoms with Crippen LogP contribution in [-0.4, -0.2) is 5.91 Å². The predicted octanol–water partition coefficient (Wildman–Crippen LogP) is 4.00. The molecule has 17 heavy (non-hydrogen) atoms. The third-order valence-electron chi connectivity index (χ3n) is 3.45. The Morgan fingerprint density at radius 3 is 2.82 bits per heavy atom. The summed E-state index contributed by atoms with van der Waals surface area (Å²) in [5, 5.41) is 3.05. The normalized spacial score (nSPS) is 16.6. The topological polar surface area (TPSA) is 29.1 Å². The fourth-order valence-electron chi connectivity index (χ4n) is 2.03. The molecule has 1 atom stereocenters. The van der Waals surface area contributed by atoms with Crippen LogP contribution < -0.4 is 5.32 Å². The van der Waals surface area contributed by atoms with E-state index in [2.05, 4.69) is 34.2 Å². The average molecular weight is 296 g/mol. The number of amides is 1. The van der Waals surface area contributed by atoms with E-state index < -0.39 is 0 Å². The molecular weight excluding hydrogens is 278 g/mol. The molecular formula is C14H18BrNO. The van der Waals surface area contributed by atoms with Crippen LogP contribution >= 0.6 is 15.9 Å². The molecule has 0 aliphatic heterocycles. The highest BCUT2D eigenvalue weighted by Gasteiger charge is 2.32. The van der Waals surface area contributed by atoms with Gasteiger partial charge in [-0.1, -0.05) is 29.8 Å². The van der Waals surface area contributed by atoms with E-state index >= 15 is 0 Å². The molecule has 1 N–H and O–H groups in total. The summed E-state index contributed by atoms with van der Waals surface area (Å²) in [7, 11) is 0. The first-order valence-corrected chi connectivity index (χ1v) is 7.00. The molecule has 0 spiro atoms. The smallest absolute Gasteiger partial charge is 0.227 e. The molecule has 1 fully saturated rings. The van der Waals surface area contributed by atoms with Gasteiger partial charge in [0.05, 0.1) is 0 Å². The molecule has 0 saturated heterocycles. The van der Waals surface area contributed by atoms with E-state index in [-0.39, 0.29) is 11.8 Å². The van der Waals surface area contributed by atoms with Crippen LogP contribution in [0.2, 0.25) is 0 Å². The van der Waals surface area contributed by atoms with Crippen molar-refractivity contribution in [1.82, 2.24) is 0 Å². The predicted molar refractivity (Wildman–Crippen MR) is 74.0 cm³/mol. The van der Waals surface area contributed by atoms with Crippen LogP contribution in [0.5, 0.6) is 0 Å². The van der Waals surface area contributed by atoms with Gasteiger partial charge in [-0.15, -0.1) is 0 Å². The van der Waals surface area contributed by atoms with Gasteiger partial charge in [0, 0.05) is 16.1 Å². The third-order valence-corrected chi connectivity index (χ3v) is 3.94. The number of hydrogen-bond acceptors (Lipinski definition) is 1. The highest BCUT2D eigenvalue weighted by Crippen LogP contribution is 2.37. The number of benzene rings is 1. The molecule has 1 aromatic carbocycles. The van der Waals surface area contributed by atoms with Gasteiger partial charge in [0.2, 0.25) is 5.91 Å². The zero-order valence-electron chi connectivity index (χ0n) is 10.3. The van der Waals surface area contributed by atoms with Crippen LogP contribution in [0.4, 0.5) is 5.69 Å². The second kappa shape index (κ2) is 5.21. The van der Waals surface area contributed by atoms with Crippen LogP contribution in [0.3, 0.4) is 0 Å². The van der Waals surface area contributed by atoms with Gasteiger partial charge >= 0.3 is 0 Å². The summed E-state index contributed by atoms with van der Waals surface area (Å²) >= 11 is 3.45. The Morgan fingerprint density at radius 2 is 2.24 bits per heavy atom. The maximum absolute atomic E-state index is 12.0. The lowest BCUT2D eigenvalue weighted by Crippen LogP contribution is -2.22.